The van der Waals surface area contributed by atoms with Gasteiger partial charge < -0.3 is 9.97 Å². The van der Waals surface area contributed by atoms with Gasteiger partial charge in [-0.05, 0) is 108 Å². The average molecular weight is 935 g/mol. The molecule has 0 aliphatic carbocycles. The van der Waals surface area contributed by atoms with Crippen LogP contribution in [0.5, 0.6) is 0 Å². The fourth-order valence-corrected chi connectivity index (χ4v) is 8.12. The van der Waals surface area contributed by atoms with E-state index in [1.807, 2.05) is 0 Å². The normalized spacial score (nSPS) is 13.1. The van der Waals surface area contributed by atoms with Gasteiger partial charge >= 0.3 is 0 Å². The van der Waals surface area contributed by atoms with Crippen molar-refractivity contribution in [3.8, 4) is 45.6 Å². The number of aromatic nitrogens is 8. The lowest BCUT2D eigenvalue weighted by molar-refractivity contribution is 0.590. The monoisotopic (exact) mass is 934 g/mol. The Morgan fingerprint density at radius 3 is 1.11 bits per heavy atom. The fraction of sp³-hybridized carbons (Fsp3) is 0.273. The number of H-pyrrole nitrogens is 2. The molecule has 2 N–H and O–H groups in total. The lowest BCUT2D eigenvalue weighted by Crippen LogP contribution is -2.10. The molecule has 2 aliphatic heterocycles. The van der Waals surface area contributed by atoms with Gasteiger partial charge in [-0.2, -0.15) is 0 Å². The molecule has 0 radical (unpaired) electrons. The van der Waals surface area contributed by atoms with E-state index in [-0.39, 0.29) is 16.2 Å². The minimum absolute atomic E-state index is 0.0647. The molecule has 0 spiro atoms. The molecule has 0 atom stereocenters. The second kappa shape index (κ2) is 12.1. The van der Waals surface area contributed by atoms with E-state index in [1.165, 1.54) is 16.7 Å². The van der Waals surface area contributed by atoms with Crippen LogP contribution >= 0.6 is 45.2 Å². The third-order valence-corrected chi connectivity index (χ3v) is 13.3. The summed E-state index contributed by atoms with van der Waals surface area (Å²) < 4.78 is 2.27. The zero-order valence-corrected chi connectivity index (χ0v) is 36.1. The highest BCUT2D eigenvalue weighted by Gasteiger charge is 2.26. The summed E-state index contributed by atoms with van der Waals surface area (Å²) >= 11 is 4.77. The van der Waals surface area contributed by atoms with Gasteiger partial charge in [-0.3, -0.25) is 0 Å². The third kappa shape index (κ3) is 5.91. The Morgan fingerprint density at radius 2 is 0.704 bits per heavy atom. The van der Waals surface area contributed by atoms with Crippen molar-refractivity contribution >= 4 is 89.3 Å². The molecule has 10 heteroatoms. The minimum atomic E-state index is -0.0666. The van der Waals surface area contributed by atoms with Crippen LogP contribution in [0.2, 0.25) is 0 Å². The second-order valence-electron chi connectivity index (χ2n) is 17.5. The van der Waals surface area contributed by atoms with Crippen LogP contribution in [0.15, 0.2) is 66.7 Å². The van der Waals surface area contributed by atoms with Crippen LogP contribution in [0.3, 0.4) is 0 Å². The molecule has 270 valence electrons. The molecule has 8 nitrogen and oxygen atoms in total. The Morgan fingerprint density at radius 1 is 0.370 bits per heavy atom. The first kappa shape index (κ1) is 35.4. The largest absolute Gasteiger partial charge is 0.324 e. The molecular formula is C44H40I2N8. The number of fused-ring (bicyclic) bond motifs is 20. The quantitative estimate of drug-likeness (QED) is 0.147. The van der Waals surface area contributed by atoms with Gasteiger partial charge in [-0.15, -0.1) is 0 Å². The van der Waals surface area contributed by atoms with Gasteiger partial charge in [0.2, 0.25) is 0 Å². The van der Waals surface area contributed by atoms with Crippen LogP contribution < -0.4 is 0 Å². The van der Waals surface area contributed by atoms with Crippen LogP contribution in [-0.2, 0) is 16.2 Å². The van der Waals surface area contributed by atoms with E-state index in [0.717, 1.165) is 50.9 Å². The SMILES string of the molecule is CC(C)(C)c1ccc2c(c1)-c1nc-2nc2[nH]c(nc3nc(nc4[nH]c(n1)c1ccc(C(C)(C)C)cc41)-c1cc(C(C)(C)C)ccc1-3)c1cc(I)c(I)cc21. The number of nitrogens with zero attached hydrogens (tertiary/aromatic N) is 6. The summed E-state index contributed by atoms with van der Waals surface area (Å²) in [6.45, 7) is 20.0. The number of hydrogen-bond donors (Lipinski definition) is 2. The van der Waals surface area contributed by atoms with Crippen molar-refractivity contribution in [1.82, 2.24) is 39.9 Å². The van der Waals surface area contributed by atoms with E-state index in [2.05, 4.69) is 184 Å². The molecular weight excluding hydrogens is 894 g/mol. The van der Waals surface area contributed by atoms with E-state index >= 15 is 0 Å². The smallest absolute Gasteiger partial charge is 0.164 e. The Labute approximate surface area is 341 Å². The molecule has 0 saturated carbocycles. The summed E-state index contributed by atoms with van der Waals surface area (Å²) in [5, 5.41) is 3.88. The van der Waals surface area contributed by atoms with Gasteiger partial charge in [0.05, 0.1) is 0 Å². The molecule has 9 rings (SSSR count). The van der Waals surface area contributed by atoms with E-state index in [4.69, 9.17) is 29.9 Å². The van der Waals surface area contributed by atoms with Gasteiger partial charge in [-0.25, -0.2) is 29.9 Å². The maximum atomic E-state index is 5.33. The number of hydrogen-bond acceptors (Lipinski definition) is 6. The summed E-state index contributed by atoms with van der Waals surface area (Å²) in [5.74, 6) is 2.42. The first-order valence-corrected chi connectivity index (χ1v) is 20.3. The summed E-state index contributed by atoms with van der Waals surface area (Å²) in [6, 6.07) is 24.0. The topological polar surface area (TPSA) is 109 Å². The fourth-order valence-electron chi connectivity index (χ4n) is 7.19. The minimum Gasteiger partial charge on any atom is -0.324 e. The van der Waals surface area contributed by atoms with E-state index in [9.17, 15) is 0 Å². The van der Waals surface area contributed by atoms with Gasteiger partial charge in [0.1, 0.15) is 22.6 Å². The first-order valence-electron chi connectivity index (χ1n) is 18.2. The number of aromatic amines is 2. The van der Waals surface area contributed by atoms with E-state index in [0.29, 0.717) is 45.9 Å². The van der Waals surface area contributed by atoms with Crippen molar-refractivity contribution in [3.63, 3.8) is 0 Å². The van der Waals surface area contributed by atoms with Crippen molar-refractivity contribution in [2.75, 3.05) is 0 Å². The number of halogens is 2. The zero-order chi connectivity index (χ0) is 38.1. The highest BCUT2D eigenvalue weighted by atomic mass is 127. The predicted octanol–water partition coefficient (Wildman–Crippen LogP) is 12.0. The van der Waals surface area contributed by atoms with Crippen molar-refractivity contribution < 1.29 is 0 Å². The van der Waals surface area contributed by atoms with Crippen LogP contribution in [0.1, 0.15) is 79.0 Å². The molecule has 0 unspecified atom stereocenters. The van der Waals surface area contributed by atoms with Gasteiger partial charge in [0.25, 0.3) is 0 Å². The molecule has 5 heterocycles. The predicted molar refractivity (Wildman–Crippen MR) is 238 cm³/mol. The van der Waals surface area contributed by atoms with Crippen LogP contribution in [0.25, 0.3) is 89.7 Å². The molecule has 4 aromatic carbocycles. The van der Waals surface area contributed by atoms with Gasteiger partial charge in [0, 0.05) is 50.9 Å². The Hall–Kier alpha value is -4.30. The van der Waals surface area contributed by atoms with Crippen molar-refractivity contribution in [1.29, 1.82) is 0 Å². The Balaban J connectivity index is 1.48. The summed E-state index contributed by atoms with van der Waals surface area (Å²) in [4.78, 5) is 38.7. The van der Waals surface area contributed by atoms with Crippen molar-refractivity contribution in [2.24, 2.45) is 0 Å². The highest BCUT2D eigenvalue weighted by Crippen LogP contribution is 2.41. The van der Waals surface area contributed by atoms with Crippen molar-refractivity contribution in [3.05, 3.63) is 90.6 Å². The second-order valence-corrected chi connectivity index (χ2v) is 19.8. The molecule has 54 heavy (non-hydrogen) atoms. The van der Waals surface area contributed by atoms with E-state index in [1.54, 1.807) is 0 Å². The molecule has 7 aromatic rings. The maximum absolute atomic E-state index is 5.33. The lowest BCUT2D eigenvalue weighted by Gasteiger charge is -2.19. The van der Waals surface area contributed by atoms with Crippen LogP contribution in [0, 0.1) is 7.14 Å². The summed E-state index contributed by atoms with van der Waals surface area (Å²) in [5.41, 5.74) is 9.95. The maximum Gasteiger partial charge on any atom is 0.164 e. The summed E-state index contributed by atoms with van der Waals surface area (Å²) in [6.07, 6.45) is 0. The molecule has 8 bridgehead atoms. The highest BCUT2D eigenvalue weighted by molar-refractivity contribution is 14.1. The molecule has 0 amide bonds. The summed E-state index contributed by atoms with van der Waals surface area (Å²) in [7, 11) is 0. The Kier molecular flexibility index (Phi) is 7.93. The third-order valence-electron chi connectivity index (χ3n) is 10.5. The average Bonchev–Trinajstić information content (AvgIpc) is 3.82. The van der Waals surface area contributed by atoms with Crippen LogP contribution in [-0.4, -0.2) is 39.9 Å². The molecule has 3 aromatic heterocycles. The lowest BCUT2D eigenvalue weighted by atomic mass is 9.85. The van der Waals surface area contributed by atoms with Crippen LogP contribution in [0.4, 0.5) is 0 Å². The molecule has 2 aliphatic rings. The zero-order valence-electron chi connectivity index (χ0n) is 31.8. The number of nitrogens with one attached hydrogen (secondary N) is 2. The van der Waals surface area contributed by atoms with Gasteiger partial charge in [0.15, 0.2) is 23.3 Å². The first-order chi connectivity index (χ1) is 25.4. The van der Waals surface area contributed by atoms with Gasteiger partial charge in [-0.1, -0.05) is 98.7 Å². The Bertz CT molecular complexity index is 2920. The van der Waals surface area contributed by atoms with E-state index < -0.39 is 0 Å². The number of benzene rings is 4. The molecule has 0 saturated heterocycles. The number of rotatable bonds is 0. The standard InChI is InChI=1S/C44H40I2N8/c1-42(2,3)21-10-13-24-27(16-21)37-47-34-25-14-11-22(43(4,5)6)17-28(25)38(49-34)53-39-29-18-23(44(7,8)9)12-15-26(29)36(50-39)52-41-31-20-33(46)32(45)19-30(31)40(54-41)51-35(24)48-37/h10-20H,1-9H3,(H2,47,48,49,50,51,52,53,54). The molecule has 0 fully saturated rings. The van der Waals surface area contributed by atoms with Crippen molar-refractivity contribution in [2.45, 2.75) is 78.6 Å².